The highest BCUT2D eigenvalue weighted by atomic mass is 16.5. The van der Waals surface area contributed by atoms with Crippen molar-refractivity contribution in [3.63, 3.8) is 0 Å². The minimum Gasteiger partial charge on any atom is -0.545 e. The molecule has 6 heteroatoms. The Kier molecular flexibility index (Phi) is 5.08. The van der Waals surface area contributed by atoms with E-state index < -0.39 is 11.9 Å². The maximum Gasteiger partial charge on any atom is 0.255 e. The van der Waals surface area contributed by atoms with Crippen molar-refractivity contribution in [1.29, 1.82) is 0 Å². The maximum absolute atomic E-state index is 12.4. The van der Waals surface area contributed by atoms with E-state index in [1.165, 1.54) is 26.4 Å². The molecule has 24 heavy (non-hydrogen) atoms. The van der Waals surface area contributed by atoms with Crippen LogP contribution in [0.5, 0.6) is 11.5 Å². The highest BCUT2D eigenvalue weighted by Crippen LogP contribution is 2.33. The number of ether oxygens (including phenoxy) is 2. The second kappa shape index (κ2) is 7.04. The third-order valence-electron chi connectivity index (χ3n) is 3.76. The molecule has 0 heterocycles. The zero-order valence-corrected chi connectivity index (χ0v) is 13.9. The molecule has 0 radical (unpaired) electrons. The number of methoxy groups -OCH3 is 2. The SMILES string of the molecule is COc1cc(NC(=O)c2ccc(C)c(C)c2)c(C(=O)[O-])cc1OC. The number of carboxylic acids is 1. The van der Waals surface area contributed by atoms with E-state index in [4.69, 9.17) is 9.47 Å². The van der Waals surface area contributed by atoms with E-state index >= 15 is 0 Å². The third-order valence-corrected chi connectivity index (χ3v) is 3.76. The number of anilines is 1. The predicted molar refractivity (Wildman–Crippen MR) is 87.7 cm³/mol. The summed E-state index contributed by atoms with van der Waals surface area (Å²) in [5.74, 6) is -1.31. The van der Waals surface area contributed by atoms with E-state index in [1.807, 2.05) is 19.9 Å². The first kappa shape index (κ1) is 17.3. The number of hydrogen-bond donors (Lipinski definition) is 1. The molecule has 2 aromatic carbocycles. The Labute approximate surface area is 140 Å². The van der Waals surface area contributed by atoms with Gasteiger partial charge in [-0.25, -0.2) is 0 Å². The summed E-state index contributed by atoms with van der Waals surface area (Å²) < 4.78 is 10.2. The van der Waals surface area contributed by atoms with Crippen LogP contribution in [0.4, 0.5) is 5.69 Å². The lowest BCUT2D eigenvalue weighted by molar-refractivity contribution is -0.254. The van der Waals surface area contributed by atoms with Crippen LogP contribution in [0.25, 0.3) is 0 Å². The van der Waals surface area contributed by atoms with Gasteiger partial charge in [0.05, 0.1) is 25.9 Å². The number of rotatable bonds is 5. The number of benzene rings is 2. The first-order chi connectivity index (χ1) is 11.4. The van der Waals surface area contributed by atoms with Gasteiger partial charge in [-0.2, -0.15) is 0 Å². The Morgan fingerprint density at radius 1 is 0.958 bits per heavy atom. The third kappa shape index (κ3) is 3.48. The summed E-state index contributed by atoms with van der Waals surface area (Å²) in [7, 11) is 2.82. The topological polar surface area (TPSA) is 87.7 Å². The molecule has 1 N–H and O–H groups in total. The van der Waals surface area contributed by atoms with Gasteiger partial charge in [0.2, 0.25) is 0 Å². The Balaban J connectivity index is 2.41. The average molecular weight is 328 g/mol. The fourth-order valence-electron chi connectivity index (χ4n) is 2.23. The van der Waals surface area contributed by atoms with Crippen LogP contribution >= 0.6 is 0 Å². The summed E-state index contributed by atoms with van der Waals surface area (Å²) in [6.45, 7) is 3.84. The summed E-state index contributed by atoms with van der Waals surface area (Å²) in [6.07, 6.45) is 0. The van der Waals surface area contributed by atoms with Crippen molar-refractivity contribution in [1.82, 2.24) is 0 Å². The smallest absolute Gasteiger partial charge is 0.255 e. The lowest BCUT2D eigenvalue weighted by atomic mass is 10.1. The van der Waals surface area contributed by atoms with Crippen molar-refractivity contribution < 1.29 is 24.2 Å². The number of carboxylic acid groups (broad SMARTS) is 1. The number of aryl methyl sites for hydroxylation is 2. The van der Waals surface area contributed by atoms with Gasteiger partial charge >= 0.3 is 0 Å². The van der Waals surface area contributed by atoms with Crippen molar-refractivity contribution in [3.05, 3.63) is 52.6 Å². The first-order valence-corrected chi connectivity index (χ1v) is 7.23. The second-order valence-corrected chi connectivity index (χ2v) is 5.29. The molecular formula is C18H18NO5-. The number of amides is 1. The van der Waals surface area contributed by atoms with Gasteiger partial charge < -0.3 is 24.7 Å². The molecule has 0 saturated carbocycles. The van der Waals surface area contributed by atoms with Crippen LogP contribution in [-0.2, 0) is 0 Å². The molecule has 0 saturated heterocycles. The fraction of sp³-hybridized carbons (Fsp3) is 0.222. The van der Waals surface area contributed by atoms with Crippen LogP contribution in [0.2, 0.25) is 0 Å². The molecule has 0 bridgehead atoms. The summed E-state index contributed by atoms with van der Waals surface area (Å²) in [6, 6.07) is 7.90. The predicted octanol–water partition coefficient (Wildman–Crippen LogP) is 1.94. The second-order valence-electron chi connectivity index (χ2n) is 5.29. The molecule has 0 aliphatic rings. The number of nitrogens with one attached hydrogen (secondary N) is 1. The van der Waals surface area contributed by atoms with Gasteiger partial charge in [-0.15, -0.1) is 0 Å². The van der Waals surface area contributed by atoms with Crippen LogP contribution < -0.4 is 19.9 Å². The largest absolute Gasteiger partial charge is 0.545 e. The molecule has 6 nitrogen and oxygen atoms in total. The van der Waals surface area contributed by atoms with Gasteiger partial charge in [0, 0.05) is 17.2 Å². The molecule has 2 rings (SSSR count). The molecule has 0 aliphatic heterocycles. The Morgan fingerprint density at radius 3 is 2.12 bits per heavy atom. The molecule has 0 atom stereocenters. The molecule has 0 aromatic heterocycles. The van der Waals surface area contributed by atoms with E-state index in [1.54, 1.807) is 12.1 Å². The van der Waals surface area contributed by atoms with Crippen molar-refractivity contribution in [3.8, 4) is 11.5 Å². The van der Waals surface area contributed by atoms with Crippen LogP contribution in [-0.4, -0.2) is 26.1 Å². The van der Waals surface area contributed by atoms with Gasteiger partial charge in [-0.1, -0.05) is 6.07 Å². The molecule has 0 aliphatic carbocycles. The highest BCUT2D eigenvalue weighted by Gasteiger charge is 2.15. The van der Waals surface area contributed by atoms with Crippen molar-refractivity contribution in [2.24, 2.45) is 0 Å². The van der Waals surface area contributed by atoms with E-state index in [-0.39, 0.29) is 17.0 Å². The zero-order chi connectivity index (χ0) is 17.9. The summed E-state index contributed by atoms with van der Waals surface area (Å²) in [4.78, 5) is 23.8. The molecule has 0 unspecified atom stereocenters. The van der Waals surface area contributed by atoms with E-state index in [0.29, 0.717) is 11.3 Å². The summed E-state index contributed by atoms with van der Waals surface area (Å²) >= 11 is 0. The molecule has 1 amide bonds. The zero-order valence-electron chi connectivity index (χ0n) is 13.9. The molecule has 0 spiro atoms. The normalized spacial score (nSPS) is 10.2. The standard InChI is InChI=1S/C18H19NO5/c1-10-5-6-12(7-11(10)2)17(20)19-14-9-16(24-4)15(23-3)8-13(14)18(21)22/h5-9H,1-4H3,(H,19,20)(H,21,22)/p-1. The van der Waals surface area contributed by atoms with Crippen molar-refractivity contribution in [2.45, 2.75) is 13.8 Å². The van der Waals surface area contributed by atoms with Crippen molar-refractivity contribution in [2.75, 3.05) is 19.5 Å². The van der Waals surface area contributed by atoms with Crippen molar-refractivity contribution >= 4 is 17.6 Å². The van der Waals surface area contributed by atoms with Crippen LogP contribution in [0.15, 0.2) is 30.3 Å². The van der Waals surface area contributed by atoms with Gasteiger partial charge in [0.25, 0.3) is 5.91 Å². The number of aromatic carboxylic acids is 1. The Bertz CT molecular complexity index is 798. The van der Waals surface area contributed by atoms with Gasteiger partial charge in [0.1, 0.15) is 0 Å². The van der Waals surface area contributed by atoms with E-state index in [9.17, 15) is 14.7 Å². The molecular weight excluding hydrogens is 310 g/mol. The fourth-order valence-corrected chi connectivity index (χ4v) is 2.23. The van der Waals surface area contributed by atoms with Crippen LogP contribution in [0.3, 0.4) is 0 Å². The summed E-state index contributed by atoms with van der Waals surface area (Å²) in [5, 5.41) is 13.9. The quantitative estimate of drug-likeness (QED) is 0.906. The molecule has 126 valence electrons. The maximum atomic E-state index is 12.4. The van der Waals surface area contributed by atoms with Gasteiger partial charge in [-0.3, -0.25) is 4.79 Å². The van der Waals surface area contributed by atoms with Gasteiger partial charge in [0.15, 0.2) is 11.5 Å². The van der Waals surface area contributed by atoms with Gasteiger partial charge in [-0.05, 0) is 43.2 Å². The lowest BCUT2D eigenvalue weighted by Crippen LogP contribution is -2.25. The average Bonchev–Trinajstić information content (AvgIpc) is 2.56. The number of carbonyl (C=O) groups excluding carboxylic acids is 2. The van der Waals surface area contributed by atoms with E-state index in [0.717, 1.165) is 11.1 Å². The minimum absolute atomic E-state index is 0.0795. The number of carbonyl (C=O) groups is 2. The molecule has 2 aromatic rings. The Hall–Kier alpha value is -3.02. The Morgan fingerprint density at radius 2 is 1.58 bits per heavy atom. The molecule has 0 fully saturated rings. The van der Waals surface area contributed by atoms with Crippen LogP contribution in [0, 0.1) is 13.8 Å². The lowest BCUT2D eigenvalue weighted by Gasteiger charge is -2.16. The van der Waals surface area contributed by atoms with E-state index in [2.05, 4.69) is 5.32 Å². The number of hydrogen-bond acceptors (Lipinski definition) is 5. The van der Waals surface area contributed by atoms with Crippen LogP contribution in [0.1, 0.15) is 31.8 Å². The monoisotopic (exact) mass is 328 g/mol. The summed E-state index contributed by atoms with van der Waals surface area (Å²) in [5.41, 5.74) is 2.35. The first-order valence-electron chi connectivity index (χ1n) is 7.23. The highest BCUT2D eigenvalue weighted by molar-refractivity contribution is 6.08. The minimum atomic E-state index is -1.42.